The van der Waals surface area contributed by atoms with E-state index in [2.05, 4.69) is 20.9 Å². The van der Waals surface area contributed by atoms with Crippen molar-refractivity contribution in [3.8, 4) is 0 Å². The molecule has 0 unspecified atom stereocenters. The second-order valence-corrected chi connectivity index (χ2v) is 8.77. The van der Waals surface area contributed by atoms with Crippen molar-refractivity contribution in [3.05, 3.63) is 44.3 Å². The fourth-order valence-corrected chi connectivity index (χ4v) is 5.30. The Morgan fingerprint density at radius 1 is 1.48 bits per heavy atom. The van der Waals surface area contributed by atoms with Gasteiger partial charge in [-0.2, -0.15) is 15.6 Å². The van der Waals surface area contributed by atoms with Gasteiger partial charge in [0.2, 0.25) is 10.0 Å². The highest BCUT2D eigenvalue weighted by Crippen LogP contribution is 2.35. The first-order valence-corrected chi connectivity index (χ1v) is 9.88. The molecule has 0 aliphatic heterocycles. The highest BCUT2D eigenvalue weighted by Gasteiger charge is 2.39. The molecule has 0 bridgehead atoms. The van der Waals surface area contributed by atoms with E-state index in [4.69, 9.17) is 11.6 Å². The predicted octanol–water partition coefficient (Wildman–Crippen LogP) is 3.91. The smallest absolute Gasteiger partial charge is 0.242 e. The van der Waals surface area contributed by atoms with Crippen LogP contribution in [0.2, 0.25) is 5.15 Å². The minimum Gasteiger partial charge on any atom is -0.242 e. The molecule has 3 rings (SSSR count). The quantitative estimate of drug-likeness (QED) is 0.706. The maximum Gasteiger partial charge on any atom is 0.246 e. The van der Waals surface area contributed by atoms with Crippen molar-refractivity contribution in [1.29, 1.82) is 0 Å². The molecule has 0 spiro atoms. The number of nitrogens with zero attached hydrogens (tertiary/aromatic N) is 2. The highest BCUT2D eigenvalue weighted by atomic mass is 79.9. The van der Waals surface area contributed by atoms with Crippen LogP contribution in [0.15, 0.2) is 38.5 Å². The van der Waals surface area contributed by atoms with Gasteiger partial charge in [0.25, 0.3) is 0 Å². The van der Waals surface area contributed by atoms with Crippen molar-refractivity contribution in [2.45, 2.75) is 30.3 Å². The van der Waals surface area contributed by atoms with E-state index in [1.165, 1.54) is 16.6 Å². The molecule has 21 heavy (non-hydrogen) atoms. The Morgan fingerprint density at radius 2 is 2.24 bits per heavy atom. The summed E-state index contributed by atoms with van der Waals surface area (Å²) in [5.41, 5.74) is 0.995. The van der Waals surface area contributed by atoms with Crippen LogP contribution in [-0.2, 0) is 16.6 Å². The van der Waals surface area contributed by atoms with Crippen molar-refractivity contribution in [2.75, 3.05) is 0 Å². The third-order valence-electron chi connectivity index (χ3n) is 3.23. The van der Waals surface area contributed by atoms with Crippen LogP contribution in [0.1, 0.15) is 18.4 Å². The fourth-order valence-electron chi connectivity index (χ4n) is 2.05. The third-order valence-corrected chi connectivity index (χ3v) is 6.72. The summed E-state index contributed by atoms with van der Waals surface area (Å²) >= 11 is 10.8. The molecular weight excluding hydrogens is 396 g/mol. The number of hydrogen-bond acceptors (Lipinski definition) is 4. The maximum atomic E-state index is 12.9. The van der Waals surface area contributed by atoms with Crippen molar-refractivity contribution in [3.63, 3.8) is 0 Å². The lowest BCUT2D eigenvalue weighted by molar-refractivity contribution is 0.399. The summed E-state index contributed by atoms with van der Waals surface area (Å²) in [6.45, 7) is 0.374. The van der Waals surface area contributed by atoms with Crippen LogP contribution < -0.4 is 0 Å². The van der Waals surface area contributed by atoms with Gasteiger partial charge in [-0.3, -0.25) is 0 Å². The Kier molecular flexibility index (Phi) is 4.38. The van der Waals surface area contributed by atoms with Crippen molar-refractivity contribution in [2.24, 2.45) is 0 Å². The molecule has 2 heterocycles. The minimum atomic E-state index is -3.65. The van der Waals surface area contributed by atoms with Gasteiger partial charge < -0.3 is 0 Å². The molecule has 2 aromatic heterocycles. The number of thiophene rings is 1. The summed E-state index contributed by atoms with van der Waals surface area (Å²) in [5.74, 6) is 0. The minimum absolute atomic E-state index is 0.00849. The molecule has 0 radical (unpaired) electrons. The van der Waals surface area contributed by atoms with E-state index in [9.17, 15) is 8.42 Å². The number of pyridine rings is 1. The molecule has 1 aliphatic rings. The van der Waals surface area contributed by atoms with Gasteiger partial charge >= 0.3 is 0 Å². The number of hydrogen-bond donors (Lipinski definition) is 0. The summed E-state index contributed by atoms with van der Waals surface area (Å²) in [5, 5.41) is 3.92. The molecule has 0 N–H and O–H groups in total. The zero-order chi connectivity index (χ0) is 15.0. The van der Waals surface area contributed by atoms with Crippen LogP contribution in [0.3, 0.4) is 0 Å². The summed E-state index contributed by atoms with van der Waals surface area (Å²) in [4.78, 5) is 3.98. The Bertz CT molecular complexity index is 746. The lowest BCUT2D eigenvalue weighted by atomic mass is 10.3. The molecule has 4 nitrogen and oxygen atoms in total. The van der Waals surface area contributed by atoms with E-state index in [1.54, 1.807) is 11.3 Å². The average Bonchev–Trinajstić information content (AvgIpc) is 3.14. The van der Waals surface area contributed by atoms with Crippen LogP contribution in [0, 0.1) is 0 Å². The first-order chi connectivity index (χ1) is 9.98. The molecule has 2 aromatic rings. The maximum absolute atomic E-state index is 12.9. The van der Waals surface area contributed by atoms with Crippen LogP contribution in [0.4, 0.5) is 0 Å². The van der Waals surface area contributed by atoms with Crippen molar-refractivity contribution >= 4 is 48.9 Å². The molecule has 0 aromatic carbocycles. The second kappa shape index (κ2) is 5.96. The van der Waals surface area contributed by atoms with Crippen LogP contribution in [0.25, 0.3) is 0 Å². The van der Waals surface area contributed by atoms with E-state index in [1.807, 2.05) is 16.8 Å². The van der Waals surface area contributed by atoms with E-state index in [0.717, 1.165) is 18.4 Å². The molecular formula is C13H12BrClN2O2S2. The first kappa shape index (κ1) is 15.4. The van der Waals surface area contributed by atoms with Gasteiger partial charge in [0.1, 0.15) is 10.0 Å². The third kappa shape index (κ3) is 3.32. The zero-order valence-corrected chi connectivity index (χ0v) is 14.8. The normalized spacial score (nSPS) is 15.6. The van der Waals surface area contributed by atoms with E-state index in [-0.39, 0.29) is 16.1 Å². The van der Waals surface area contributed by atoms with Crippen LogP contribution in [-0.4, -0.2) is 23.7 Å². The first-order valence-electron chi connectivity index (χ1n) is 6.32. The van der Waals surface area contributed by atoms with Gasteiger partial charge in [-0.15, -0.1) is 0 Å². The second-order valence-electron chi connectivity index (χ2n) is 4.86. The molecule has 8 heteroatoms. The van der Waals surface area contributed by atoms with Gasteiger partial charge in [0, 0.05) is 23.3 Å². The van der Waals surface area contributed by atoms with Crippen LogP contribution >= 0.6 is 38.9 Å². The van der Waals surface area contributed by atoms with E-state index < -0.39 is 10.0 Å². The predicted molar refractivity (Wildman–Crippen MR) is 87.0 cm³/mol. The molecule has 1 saturated carbocycles. The van der Waals surface area contributed by atoms with Gasteiger partial charge in [0.15, 0.2) is 0 Å². The Hall–Kier alpha value is -0.470. The van der Waals surface area contributed by atoms with E-state index in [0.29, 0.717) is 11.0 Å². The Balaban J connectivity index is 1.99. The summed E-state index contributed by atoms with van der Waals surface area (Å²) in [7, 11) is -3.65. The average molecular weight is 408 g/mol. The molecule has 112 valence electrons. The van der Waals surface area contributed by atoms with Crippen LogP contribution in [0.5, 0.6) is 0 Å². The summed E-state index contributed by atoms with van der Waals surface area (Å²) in [6.07, 6.45) is 3.27. The lowest BCUT2D eigenvalue weighted by Crippen LogP contribution is -2.32. The number of rotatable bonds is 5. The zero-order valence-electron chi connectivity index (χ0n) is 10.9. The van der Waals surface area contributed by atoms with Gasteiger partial charge in [-0.1, -0.05) is 11.6 Å². The Morgan fingerprint density at radius 3 is 2.86 bits per heavy atom. The number of aromatic nitrogens is 1. The molecule has 1 fully saturated rings. The van der Waals surface area contributed by atoms with Gasteiger partial charge in [-0.25, -0.2) is 13.4 Å². The van der Waals surface area contributed by atoms with Crippen molar-refractivity contribution < 1.29 is 8.42 Å². The topological polar surface area (TPSA) is 50.3 Å². The number of sulfonamides is 1. The summed E-state index contributed by atoms with van der Waals surface area (Å²) < 4.78 is 27.9. The standard InChI is InChI=1S/C13H12BrClN2O2S2/c14-10-5-12(13(15)16-6-10)21(18,19)17(11-1-2-11)7-9-3-4-20-8-9/h3-6,8,11H,1-2,7H2. The van der Waals surface area contributed by atoms with Crippen molar-refractivity contribution in [1.82, 2.24) is 9.29 Å². The van der Waals surface area contributed by atoms with Gasteiger partial charge in [0.05, 0.1) is 0 Å². The highest BCUT2D eigenvalue weighted by molar-refractivity contribution is 9.10. The fraction of sp³-hybridized carbons (Fsp3) is 0.308. The molecule has 1 aliphatic carbocycles. The summed E-state index contributed by atoms with van der Waals surface area (Å²) in [6, 6.07) is 3.51. The van der Waals surface area contributed by atoms with Gasteiger partial charge in [-0.05, 0) is 57.2 Å². The lowest BCUT2D eigenvalue weighted by Gasteiger charge is -2.22. The monoisotopic (exact) mass is 406 g/mol. The molecule has 0 saturated heterocycles. The molecule has 0 atom stereocenters. The Labute approximate surface area is 140 Å². The number of halogens is 2. The molecule has 0 amide bonds. The largest absolute Gasteiger partial charge is 0.246 e. The van der Waals surface area contributed by atoms with E-state index >= 15 is 0 Å². The SMILES string of the molecule is O=S(=O)(c1cc(Br)cnc1Cl)N(Cc1ccsc1)C1CC1.